The molecule has 0 atom stereocenters. The number of ether oxygens (including phenoxy) is 1. The Morgan fingerprint density at radius 1 is 1.28 bits per heavy atom. The maximum atomic E-state index is 11.6. The summed E-state index contributed by atoms with van der Waals surface area (Å²) in [5.74, 6) is -0.114. The van der Waals surface area contributed by atoms with Crippen LogP contribution in [0.4, 0.5) is 0 Å². The molecule has 1 aliphatic rings. The number of tetrazole rings is 1. The molecule has 1 fully saturated rings. The van der Waals surface area contributed by atoms with Gasteiger partial charge in [0.2, 0.25) is 4.77 Å². The first-order valence-corrected chi connectivity index (χ1v) is 8.81. The normalized spacial score (nSPS) is 16.1. The number of rotatable bonds is 4. The highest BCUT2D eigenvalue weighted by Gasteiger charge is 2.26. The molecule has 1 aromatic carbocycles. The van der Waals surface area contributed by atoms with E-state index in [1.54, 1.807) is 9.36 Å². The van der Waals surface area contributed by atoms with E-state index in [0.717, 1.165) is 37.2 Å². The maximum Gasteiger partial charge on any atom is 0.308 e. The number of hydrogen-bond donors (Lipinski definition) is 0. The Hall–Kier alpha value is -2.06. The number of esters is 1. The fourth-order valence-electron chi connectivity index (χ4n) is 3.22. The highest BCUT2D eigenvalue weighted by molar-refractivity contribution is 7.71. The minimum atomic E-state index is -0.114. The number of aryl methyl sites for hydroxylation is 2. The molecule has 0 N–H and O–H groups in total. The van der Waals surface area contributed by atoms with Crippen molar-refractivity contribution in [2.75, 3.05) is 20.2 Å². The average molecular weight is 361 g/mol. The molecule has 0 saturated carbocycles. The third kappa shape index (κ3) is 3.80. The number of carbonyl (C=O) groups excluding carboxylic acids is 1. The van der Waals surface area contributed by atoms with E-state index >= 15 is 0 Å². The van der Waals surface area contributed by atoms with Crippen LogP contribution in [0.1, 0.15) is 24.0 Å². The number of methoxy groups -OCH3 is 1. The molecule has 8 heteroatoms. The molecule has 1 aliphatic heterocycles. The van der Waals surface area contributed by atoms with Crippen LogP contribution < -0.4 is 0 Å². The summed E-state index contributed by atoms with van der Waals surface area (Å²) in [6.45, 7) is 6.32. The lowest BCUT2D eigenvalue weighted by Gasteiger charge is -2.29. The molecule has 1 aromatic heterocycles. The molecule has 1 saturated heterocycles. The number of hydrogen-bond acceptors (Lipinski definition) is 6. The van der Waals surface area contributed by atoms with Crippen LogP contribution in [0.2, 0.25) is 0 Å². The first kappa shape index (κ1) is 17.8. The van der Waals surface area contributed by atoms with Gasteiger partial charge in [0.15, 0.2) is 0 Å². The van der Waals surface area contributed by atoms with E-state index in [1.165, 1.54) is 12.7 Å². The second-order valence-electron chi connectivity index (χ2n) is 6.52. The van der Waals surface area contributed by atoms with Crippen LogP contribution in [-0.2, 0) is 16.2 Å². The van der Waals surface area contributed by atoms with Gasteiger partial charge in [0, 0.05) is 13.1 Å². The van der Waals surface area contributed by atoms with Crippen molar-refractivity contribution in [3.8, 4) is 5.69 Å². The van der Waals surface area contributed by atoms with Crippen LogP contribution in [0.25, 0.3) is 5.69 Å². The number of benzene rings is 1. The van der Waals surface area contributed by atoms with E-state index in [9.17, 15) is 4.79 Å². The monoisotopic (exact) mass is 361 g/mol. The molecule has 2 aromatic rings. The number of aromatic nitrogens is 4. The van der Waals surface area contributed by atoms with Crippen LogP contribution >= 0.6 is 12.2 Å². The molecule has 25 heavy (non-hydrogen) atoms. The Bertz CT molecular complexity index is 821. The zero-order valence-electron chi connectivity index (χ0n) is 14.8. The van der Waals surface area contributed by atoms with Gasteiger partial charge >= 0.3 is 5.97 Å². The van der Waals surface area contributed by atoms with Crippen molar-refractivity contribution in [3.05, 3.63) is 34.1 Å². The summed E-state index contributed by atoms with van der Waals surface area (Å²) >= 11 is 5.55. The Kier molecular flexibility index (Phi) is 5.29. The van der Waals surface area contributed by atoms with Gasteiger partial charge in [-0.05, 0) is 61.0 Å². The first-order chi connectivity index (χ1) is 12.0. The predicted molar refractivity (Wildman–Crippen MR) is 96.0 cm³/mol. The first-order valence-electron chi connectivity index (χ1n) is 8.40. The molecule has 0 spiro atoms. The Labute approximate surface area is 152 Å². The molecule has 0 aliphatic carbocycles. The molecular weight excluding hydrogens is 338 g/mol. The third-order valence-electron chi connectivity index (χ3n) is 4.68. The minimum Gasteiger partial charge on any atom is -0.469 e. The molecule has 2 heterocycles. The summed E-state index contributed by atoms with van der Waals surface area (Å²) in [7, 11) is 1.44. The van der Waals surface area contributed by atoms with Gasteiger partial charge in [-0.25, -0.2) is 4.68 Å². The summed E-state index contributed by atoms with van der Waals surface area (Å²) in [5.41, 5.74) is 3.27. The smallest absolute Gasteiger partial charge is 0.308 e. The van der Waals surface area contributed by atoms with Gasteiger partial charge in [0.05, 0.1) is 25.4 Å². The van der Waals surface area contributed by atoms with Gasteiger partial charge in [-0.2, -0.15) is 4.68 Å². The molecule has 0 amide bonds. The molecule has 3 rings (SSSR count). The summed E-state index contributed by atoms with van der Waals surface area (Å²) in [5, 5.41) is 8.44. The summed E-state index contributed by atoms with van der Waals surface area (Å²) < 4.78 is 8.83. The molecule has 0 radical (unpaired) electrons. The maximum absolute atomic E-state index is 11.6. The van der Waals surface area contributed by atoms with Gasteiger partial charge < -0.3 is 4.74 Å². The van der Waals surface area contributed by atoms with Crippen LogP contribution in [0.5, 0.6) is 0 Å². The highest BCUT2D eigenvalue weighted by Crippen LogP contribution is 2.19. The highest BCUT2D eigenvalue weighted by atomic mass is 32.1. The van der Waals surface area contributed by atoms with E-state index in [2.05, 4.69) is 28.3 Å². The standard InChI is InChI=1S/C17H23N5O2S/c1-12-4-5-15(13(2)10-12)22-17(25)21(18-19-22)11-20-8-6-14(7-9-20)16(23)24-3/h4-5,10,14H,6-9,11H2,1-3H3. The number of carbonyl (C=O) groups is 1. The quantitative estimate of drug-likeness (QED) is 0.615. The third-order valence-corrected chi connectivity index (χ3v) is 5.06. The van der Waals surface area contributed by atoms with Gasteiger partial charge in [-0.1, -0.05) is 17.7 Å². The second kappa shape index (κ2) is 7.45. The van der Waals surface area contributed by atoms with Crippen LogP contribution in [0.15, 0.2) is 18.2 Å². The molecular formula is C17H23N5O2S. The Balaban J connectivity index is 1.70. The van der Waals surface area contributed by atoms with Crippen molar-refractivity contribution < 1.29 is 9.53 Å². The van der Waals surface area contributed by atoms with Gasteiger partial charge in [-0.3, -0.25) is 9.69 Å². The topological polar surface area (TPSA) is 65.2 Å². The predicted octanol–water partition coefficient (Wildman–Crippen LogP) is 2.26. The van der Waals surface area contributed by atoms with Crippen LogP contribution in [0.3, 0.4) is 0 Å². The lowest BCUT2D eigenvalue weighted by molar-refractivity contribution is -0.147. The molecule has 0 bridgehead atoms. The van der Waals surface area contributed by atoms with E-state index in [1.807, 2.05) is 19.1 Å². The van der Waals surface area contributed by atoms with Crippen molar-refractivity contribution in [1.82, 2.24) is 24.7 Å². The van der Waals surface area contributed by atoms with Crippen molar-refractivity contribution in [3.63, 3.8) is 0 Å². The molecule has 0 unspecified atom stereocenters. The summed E-state index contributed by atoms with van der Waals surface area (Å²) in [6.07, 6.45) is 1.59. The van der Waals surface area contributed by atoms with Gasteiger partial charge in [-0.15, -0.1) is 0 Å². The summed E-state index contributed by atoms with van der Waals surface area (Å²) in [4.78, 5) is 13.8. The lowest BCUT2D eigenvalue weighted by atomic mass is 9.97. The van der Waals surface area contributed by atoms with Crippen LogP contribution in [0, 0.1) is 24.5 Å². The van der Waals surface area contributed by atoms with Crippen molar-refractivity contribution in [2.45, 2.75) is 33.4 Å². The van der Waals surface area contributed by atoms with E-state index in [0.29, 0.717) is 11.4 Å². The second-order valence-corrected chi connectivity index (χ2v) is 6.88. The van der Waals surface area contributed by atoms with E-state index < -0.39 is 0 Å². The average Bonchev–Trinajstić information content (AvgIpc) is 2.95. The summed E-state index contributed by atoms with van der Waals surface area (Å²) in [6, 6.07) is 6.16. The van der Waals surface area contributed by atoms with Crippen LogP contribution in [-0.4, -0.2) is 50.9 Å². The van der Waals surface area contributed by atoms with Crippen molar-refractivity contribution in [1.29, 1.82) is 0 Å². The lowest BCUT2D eigenvalue weighted by Crippen LogP contribution is -2.38. The Morgan fingerprint density at radius 2 is 2.00 bits per heavy atom. The fraction of sp³-hybridized carbons (Fsp3) is 0.529. The van der Waals surface area contributed by atoms with E-state index in [-0.39, 0.29) is 11.9 Å². The minimum absolute atomic E-state index is 0.000104. The number of likely N-dealkylation sites (tertiary alicyclic amines) is 1. The zero-order valence-corrected chi connectivity index (χ0v) is 15.6. The zero-order chi connectivity index (χ0) is 18.0. The van der Waals surface area contributed by atoms with Gasteiger partial charge in [0.25, 0.3) is 0 Å². The Morgan fingerprint density at radius 3 is 2.64 bits per heavy atom. The largest absolute Gasteiger partial charge is 0.469 e. The SMILES string of the molecule is COC(=O)C1CCN(Cn2nnn(-c3ccc(C)cc3C)c2=S)CC1. The molecule has 134 valence electrons. The fourth-order valence-corrected chi connectivity index (χ4v) is 3.45. The molecule has 7 nitrogen and oxygen atoms in total. The van der Waals surface area contributed by atoms with Crippen molar-refractivity contribution >= 4 is 18.2 Å². The van der Waals surface area contributed by atoms with Crippen molar-refractivity contribution in [2.24, 2.45) is 5.92 Å². The number of nitrogens with zero attached hydrogens (tertiary/aromatic N) is 5. The van der Waals surface area contributed by atoms with E-state index in [4.69, 9.17) is 17.0 Å². The number of piperidine rings is 1. The van der Waals surface area contributed by atoms with Gasteiger partial charge in [0.1, 0.15) is 0 Å².